The normalized spacial score (nSPS) is 10.5. The molecule has 1 aromatic carbocycles. The molecule has 1 heterocycles. The highest BCUT2D eigenvalue weighted by Crippen LogP contribution is 2.31. The molecule has 0 fully saturated rings. The lowest BCUT2D eigenvalue weighted by Crippen LogP contribution is -1.95. The van der Waals surface area contributed by atoms with Crippen molar-refractivity contribution in [1.82, 2.24) is 4.98 Å². The number of anilines is 2. The minimum absolute atomic E-state index is 0.196. The second-order valence-electron chi connectivity index (χ2n) is 3.68. The number of hydrogen-bond donors (Lipinski definition) is 1. The number of halogens is 4. The molecule has 0 unspecified atom stereocenters. The molecule has 94 valence electrons. The molecule has 0 radical (unpaired) electrons. The average Bonchev–Trinajstić information content (AvgIpc) is 2.31. The molecule has 2 nitrogen and oxygen atoms in total. The number of aromatic nitrogens is 1. The fourth-order valence-electron chi connectivity index (χ4n) is 1.34. The van der Waals surface area contributed by atoms with Crippen LogP contribution in [0.4, 0.5) is 11.5 Å². The molecule has 2 rings (SSSR count). The van der Waals surface area contributed by atoms with Gasteiger partial charge in [0, 0.05) is 10.7 Å². The molecule has 2 aromatic rings. The van der Waals surface area contributed by atoms with E-state index in [0.29, 0.717) is 20.9 Å². The van der Waals surface area contributed by atoms with Crippen LogP contribution in [-0.4, -0.2) is 4.98 Å². The average molecular weight is 322 g/mol. The zero-order valence-corrected chi connectivity index (χ0v) is 12.3. The molecule has 1 N–H and O–H groups in total. The third-order valence-corrected chi connectivity index (χ3v) is 3.69. The van der Waals surface area contributed by atoms with Gasteiger partial charge < -0.3 is 5.32 Å². The first-order chi connectivity index (χ1) is 8.47. The first kappa shape index (κ1) is 13.8. The first-order valence-electron chi connectivity index (χ1n) is 5.02. The lowest BCUT2D eigenvalue weighted by molar-refractivity contribution is 1.30. The Balaban J connectivity index is 2.34. The molecule has 0 aliphatic heterocycles. The largest absolute Gasteiger partial charge is 0.339 e. The number of benzene rings is 1. The predicted octanol–water partition coefficient (Wildman–Crippen LogP) is 5.75. The SMILES string of the molecule is Cc1ccc(Nc2nc(Cl)c(Cl)cc2Cl)cc1Cl. The molecule has 0 saturated carbocycles. The van der Waals surface area contributed by atoms with Crippen LogP contribution in [0.15, 0.2) is 24.3 Å². The van der Waals surface area contributed by atoms with Gasteiger partial charge in [0.25, 0.3) is 0 Å². The van der Waals surface area contributed by atoms with Crippen molar-refractivity contribution in [3.63, 3.8) is 0 Å². The zero-order chi connectivity index (χ0) is 13.3. The molecule has 1 aromatic heterocycles. The Bertz CT molecular complexity index is 599. The van der Waals surface area contributed by atoms with Crippen molar-refractivity contribution in [1.29, 1.82) is 0 Å². The summed E-state index contributed by atoms with van der Waals surface area (Å²) in [6.45, 7) is 1.93. The minimum Gasteiger partial charge on any atom is -0.339 e. The molecule has 6 heteroatoms. The molecule has 0 spiro atoms. The number of rotatable bonds is 2. The fraction of sp³-hybridized carbons (Fsp3) is 0.0833. The molecule has 0 aliphatic rings. The van der Waals surface area contributed by atoms with Gasteiger partial charge >= 0.3 is 0 Å². The molecule has 0 aliphatic carbocycles. The monoisotopic (exact) mass is 320 g/mol. The number of hydrogen-bond acceptors (Lipinski definition) is 2. The maximum atomic E-state index is 6.04. The van der Waals surface area contributed by atoms with Crippen molar-refractivity contribution in [3.05, 3.63) is 50.0 Å². The second kappa shape index (κ2) is 5.54. The molecule has 0 bridgehead atoms. The molecule has 0 saturated heterocycles. The van der Waals surface area contributed by atoms with E-state index < -0.39 is 0 Å². The van der Waals surface area contributed by atoms with Crippen LogP contribution in [0.25, 0.3) is 0 Å². The minimum atomic E-state index is 0.196. The Hall–Kier alpha value is -0.670. The smallest absolute Gasteiger partial charge is 0.151 e. The lowest BCUT2D eigenvalue weighted by atomic mass is 10.2. The van der Waals surface area contributed by atoms with Crippen LogP contribution in [0.3, 0.4) is 0 Å². The topological polar surface area (TPSA) is 24.9 Å². The maximum Gasteiger partial charge on any atom is 0.151 e. The summed E-state index contributed by atoms with van der Waals surface area (Å²) in [6.07, 6.45) is 0. The Kier molecular flexibility index (Phi) is 4.23. The quantitative estimate of drug-likeness (QED) is 0.712. The molecular weight excluding hydrogens is 314 g/mol. The zero-order valence-electron chi connectivity index (χ0n) is 9.27. The third kappa shape index (κ3) is 3.01. The Morgan fingerprint density at radius 3 is 2.33 bits per heavy atom. The fourth-order valence-corrected chi connectivity index (χ4v) is 2.06. The van der Waals surface area contributed by atoms with E-state index in [2.05, 4.69) is 10.3 Å². The second-order valence-corrected chi connectivity index (χ2v) is 5.26. The summed E-state index contributed by atoms with van der Waals surface area (Å²) in [4.78, 5) is 4.07. The third-order valence-electron chi connectivity index (χ3n) is 2.32. The maximum absolute atomic E-state index is 6.04. The highest BCUT2D eigenvalue weighted by atomic mass is 35.5. The van der Waals surface area contributed by atoms with Gasteiger partial charge in [-0.25, -0.2) is 4.98 Å². The van der Waals surface area contributed by atoms with E-state index in [4.69, 9.17) is 46.4 Å². The van der Waals surface area contributed by atoms with E-state index in [1.807, 2.05) is 19.1 Å². The predicted molar refractivity (Wildman–Crippen MR) is 78.7 cm³/mol. The van der Waals surface area contributed by atoms with E-state index in [1.165, 1.54) is 6.07 Å². The van der Waals surface area contributed by atoms with Crippen LogP contribution in [0, 0.1) is 6.92 Å². The van der Waals surface area contributed by atoms with Gasteiger partial charge in [0.1, 0.15) is 5.15 Å². The van der Waals surface area contributed by atoms with E-state index in [1.54, 1.807) is 6.07 Å². The molecule has 0 atom stereocenters. The summed E-state index contributed by atoms with van der Waals surface area (Å²) in [5, 5.41) is 4.60. The van der Waals surface area contributed by atoms with Crippen LogP contribution >= 0.6 is 46.4 Å². The highest BCUT2D eigenvalue weighted by Gasteiger charge is 2.08. The van der Waals surface area contributed by atoms with Crippen LogP contribution < -0.4 is 5.32 Å². The summed E-state index contributed by atoms with van der Waals surface area (Å²) < 4.78 is 0. The lowest BCUT2D eigenvalue weighted by Gasteiger charge is -2.09. The van der Waals surface area contributed by atoms with Crippen molar-refractivity contribution >= 4 is 57.9 Å². The van der Waals surface area contributed by atoms with Crippen molar-refractivity contribution in [2.45, 2.75) is 6.92 Å². The molecular formula is C12H8Cl4N2. The molecule has 18 heavy (non-hydrogen) atoms. The number of aryl methyl sites for hydroxylation is 1. The Morgan fingerprint density at radius 1 is 0.944 bits per heavy atom. The van der Waals surface area contributed by atoms with Gasteiger partial charge in [-0.1, -0.05) is 52.5 Å². The number of nitrogens with zero attached hydrogens (tertiary/aromatic N) is 1. The van der Waals surface area contributed by atoms with Crippen LogP contribution in [0.5, 0.6) is 0 Å². The van der Waals surface area contributed by atoms with E-state index in [9.17, 15) is 0 Å². The molecule has 0 amide bonds. The van der Waals surface area contributed by atoms with Gasteiger partial charge in [-0.2, -0.15) is 0 Å². The van der Waals surface area contributed by atoms with Crippen molar-refractivity contribution < 1.29 is 0 Å². The van der Waals surface area contributed by atoms with Gasteiger partial charge in [0.05, 0.1) is 10.0 Å². The van der Waals surface area contributed by atoms with Gasteiger partial charge in [0.15, 0.2) is 5.82 Å². The van der Waals surface area contributed by atoms with Crippen molar-refractivity contribution in [3.8, 4) is 0 Å². The van der Waals surface area contributed by atoms with E-state index >= 15 is 0 Å². The number of nitrogens with one attached hydrogen (secondary N) is 1. The van der Waals surface area contributed by atoms with Gasteiger partial charge in [-0.15, -0.1) is 0 Å². The summed E-state index contributed by atoms with van der Waals surface area (Å²) in [5.74, 6) is 0.436. The van der Waals surface area contributed by atoms with Gasteiger partial charge in [0.2, 0.25) is 0 Å². The number of pyridine rings is 1. The Labute approximate surface area is 125 Å². The van der Waals surface area contributed by atoms with E-state index in [-0.39, 0.29) is 5.15 Å². The van der Waals surface area contributed by atoms with Gasteiger partial charge in [-0.3, -0.25) is 0 Å². The van der Waals surface area contributed by atoms with Crippen molar-refractivity contribution in [2.24, 2.45) is 0 Å². The van der Waals surface area contributed by atoms with Crippen LogP contribution in [-0.2, 0) is 0 Å². The summed E-state index contributed by atoms with van der Waals surface area (Å²) in [7, 11) is 0. The van der Waals surface area contributed by atoms with Crippen molar-refractivity contribution in [2.75, 3.05) is 5.32 Å². The Morgan fingerprint density at radius 2 is 1.67 bits per heavy atom. The standard InChI is InChI=1S/C12H8Cl4N2/c1-6-2-3-7(4-8(6)13)17-12-10(15)5-9(14)11(16)18-12/h2-5H,1H3,(H,17,18). The highest BCUT2D eigenvalue weighted by molar-refractivity contribution is 6.43. The first-order valence-corrected chi connectivity index (χ1v) is 6.53. The summed E-state index contributed by atoms with van der Waals surface area (Å²) in [6, 6.07) is 7.10. The van der Waals surface area contributed by atoms with Crippen LogP contribution in [0.1, 0.15) is 5.56 Å². The van der Waals surface area contributed by atoms with Crippen LogP contribution in [0.2, 0.25) is 20.2 Å². The van der Waals surface area contributed by atoms with Gasteiger partial charge in [-0.05, 0) is 30.7 Å². The summed E-state index contributed by atoms with van der Waals surface area (Å²) >= 11 is 23.7. The van der Waals surface area contributed by atoms with E-state index in [0.717, 1.165) is 11.3 Å². The summed E-state index contributed by atoms with van der Waals surface area (Å²) in [5.41, 5.74) is 1.77.